The Bertz CT molecular complexity index is 608. The molecule has 4 nitrogen and oxygen atoms in total. The maximum absolute atomic E-state index is 11.9. The van der Waals surface area contributed by atoms with Crippen LogP contribution in [0.25, 0.3) is 0 Å². The van der Waals surface area contributed by atoms with Gasteiger partial charge in [-0.1, -0.05) is 24.3 Å². The van der Waals surface area contributed by atoms with Crippen molar-refractivity contribution in [2.75, 3.05) is 16.4 Å². The SMILES string of the molecule is Cc1ccc(NC(=O)Nc2ccccc2C)c(N)c1. The first-order valence-electron chi connectivity index (χ1n) is 6.06. The summed E-state index contributed by atoms with van der Waals surface area (Å²) in [4.78, 5) is 11.9. The highest BCUT2D eigenvalue weighted by molar-refractivity contribution is 6.01. The van der Waals surface area contributed by atoms with E-state index in [2.05, 4.69) is 10.6 Å². The molecule has 0 atom stereocenters. The van der Waals surface area contributed by atoms with E-state index in [0.717, 1.165) is 16.8 Å². The van der Waals surface area contributed by atoms with Crippen molar-refractivity contribution < 1.29 is 4.79 Å². The summed E-state index contributed by atoms with van der Waals surface area (Å²) < 4.78 is 0. The molecule has 2 amide bonds. The number of hydrogen-bond acceptors (Lipinski definition) is 2. The zero-order valence-corrected chi connectivity index (χ0v) is 11.0. The van der Waals surface area contributed by atoms with Crippen LogP contribution < -0.4 is 16.4 Å². The number of carbonyl (C=O) groups is 1. The summed E-state index contributed by atoms with van der Waals surface area (Å²) in [6, 6.07) is 12.8. The molecule has 0 saturated heterocycles. The van der Waals surface area contributed by atoms with Gasteiger partial charge in [-0.05, 0) is 43.2 Å². The lowest BCUT2D eigenvalue weighted by atomic mass is 10.2. The number of nitrogens with one attached hydrogen (secondary N) is 2. The number of amides is 2. The molecule has 4 heteroatoms. The van der Waals surface area contributed by atoms with Crippen LogP contribution in [0.1, 0.15) is 11.1 Å². The van der Waals surface area contributed by atoms with Crippen molar-refractivity contribution in [1.82, 2.24) is 0 Å². The van der Waals surface area contributed by atoms with Crippen molar-refractivity contribution in [3.63, 3.8) is 0 Å². The van der Waals surface area contributed by atoms with E-state index < -0.39 is 0 Å². The molecule has 98 valence electrons. The Labute approximate surface area is 112 Å². The fraction of sp³-hybridized carbons (Fsp3) is 0.133. The summed E-state index contributed by atoms with van der Waals surface area (Å²) in [6.07, 6.45) is 0. The van der Waals surface area contributed by atoms with Crippen LogP contribution in [-0.2, 0) is 0 Å². The predicted molar refractivity (Wildman–Crippen MR) is 79.4 cm³/mol. The molecule has 0 spiro atoms. The zero-order valence-electron chi connectivity index (χ0n) is 11.0. The van der Waals surface area contributed by atoms with E-state index in [-0.39, 0.29) is 6.03 Å². The predicted octanol–water partition coefficient (Wildman–Crippen LogP) is 3.53. The van der Waals surface area contributed by atoms with Gasteiger partial charge in [-0.15, -0.1) is 0 Å². The van der Waals surface area contributed by atoms with Crippen molar-refractivity contribution in [2.24, 2.45) is 0 Å². The molecule has 0 aliphatic heterocycles. The first-order chi connectivity index (χ1) is 9.06. The summed E-state index contributed by atoms with van der Waals surface area (Å²) in [7, 11) is 0. The Kier molecular flexibility index (Phi) is 3.71. The Hall–Kier alpha value is -2.49. The first-order valence-corrected chi connectivity index (χ1v) is 6.06. The highest BCUT2D eigenvalue weighted by Gasteiger charge is 2.06. The molecule has 0 radical (unpaired) electrons. The number of benzene rings is 2. The van der Waals surface area contributed by atoms with Gasteiger partial charge in [0, 0.05) is 5.69 Å². The van der Waals surface area contributed by atoms with Gasteiger partial charge in [-0.3, -0.25) is 0 Å². The summed E-state index contributed by atoms with van der Waals surface area (Å²) in [5.41, 5.74) is 9.86. The van der Waals surface area contributed by atoms with Gasteiger partial charge in [0.2, 0.25) is 0 Å². The summed E-state index contributed by atoms with van der Waals surface area (Å²) in [6.45, 7) is 3.89. The van der Waals surface area contributed by atoms with Crippen molar-refractivity contribution in [3.05, 3.63) is 53.6 Å². The maximum Gasteiger partial charge on any atom is 0.323 e. The molecule has 2 aromatic rings. The van der Waals surface area contributed by atoms with Gasteiger partial charge in [0.1, 0.15) is 0 Å². The molecule has 0 fully saturated rings. The van der Waals surface area contributed by atoms with Gasteiger partial charge in [-0.2, -0.15) is 0 Å². The number of rotatable bonds is 2. The number of para-hydroxylation sites is 1. The molecule has 19 heavy (non-hydrogen) atoms. The minimum absolute atomic E-state index is 0.301. The molecule has 2 rings (SSSR count). The van der Waals surface area contributed by atoms with E-state index in [9.17, 15) is 4.79 Å². The van der Waals surface area contributed by atoms with E-state index in [1.165, 1.54) is 0 Å². The van der Waals surface area contributed by atoms with E-state index in [1.54, 1.807) is 6.07 Å². The fourth-order valence-corrected chi connectivity index (χ4v) is 1.79. The summed E-state index contributed by atoms with van der Waals surface area (Å²) >= 11 is 0. The van der Waals surface area contributed by atoms with Crippen molar-refractivity contribution in [3.8, 4) is 0 Å². The van der Waals surface area contributed by atoms with Crippen LogP contribution in [0.3, 0.4) is 0 Å². The smallest absolute Gasteiger partial charge is 0.323 e. The number of nitrogens with two attached hydrogens (primary N) is 1. The molecule has 0 aliphatic carbocycles. The first kappa shape index (κ1) is 13.0. The van der Waals surface area contributed by atoms with Gasteiger partial charge >= 0.3 is 6.03 Å². The molecular formula is C15H17N3O. The molecule has 4 N–H and O–H groups in total. The standard InChI is InChI=1S/C15H17N3O/c1-10-7-8-14(12(16)9-10)18-15(19)17-13-6-4-3-5-11(13)2/h3-9H,16H2,1-2H3,(H2,17,18,19). The summed E-state index contributed by atoms with van der Waals surface area (Å²) in [5.74, 6) is 0. The number of aryl methyl sites for hydroxylation is 2. The number of carbonyl (C=O) groups excluding carboxylic acids is 1. The van der Waals surface area contributed by atoms with E-state index in [4.69, 9.17) is 5.73 Å². The second kappa shape index (κ2) is 5.44. The molecular weight excluding hydrogens is 238 g/mol. The average molecular weight is 255 g/mol. The lowest BCUT2D eigenvalue weighted by Gasteiger charge is -2.11. The van der Waals surface area contributed by atoms with Crippen LogP contribution in [0.5, 0.6) is 0 Å². The number of anilines is 3. The highest BCUT2D eigenvalue weighted by Crippen LogP contribution is 2.20. The lowest BCUT2D eigenvalue weighted by Crippen LogP contribution is -2.20. The Morgan fingerprint density at radius 3 is 2.37 bits per heavy atom. The second-order valence-corrected chi connectivity index (χ2v) is 4.48. The maximum atomic E-state index is 11.9. The molecule has 0 bridgehead atoms. The van der Waals surface area contributed by atoms with Crippen LogP contribution in [0.4, 0.5) is 21.9 Å². The van der Waals surface area contributed by atoms with Gasteiger partial charge in [0.15, 0.2) is 0 Å². The highest BCUT2D eigenvalue weighted by atomic mass is 16.2. The van der Waals surface area contributed by atoms with Crippen molar-refractivity contribution in [1.29, 1.82) is 0 Å². The van der Waals surface area contributed by atoms with Gasteiger partial charge in [0.05, 0.1) is 11.4 Å². The number of nitrogen functional groups attached to an aromatic ring is 1. The van der Waals surface area contributed by atoms with Crippen LogP contribution in [0.15, 0.2) is 42.5 Å². The van der Waals surface area contributed by atoms with Crippen LogP contribution >= 0.6 is 0 Å². The van der Waals surface area contributed by atoms with Crippen LogP contribution in [0.2, 0.25) is 0 Å². The summed E-state index contributed by atoms with van der Waals surface area (Å²) in [5, 5.41) is 5.53. The Morgan fingerprint density at radius 1 is 1.00 bits per heavy atom. The average Bonchev–Trinajstić information content (AvgIpc) is 2.36. The third-order valence-corrected chi connectivity index (χ3v) is 2.85. The topological polar surface area (TPSA) is 67.2 Å². The zero-order chi connectivity index (χ0) is 13.8. The van der Waals surface area contributed by atoms with E-state index in [0.29, 0.717) is 11.4 Å². The minimum Gasteiger partial charge on any atom is -0.397 e. The molecule has 0 saturated carbocycles. The Morgan fingerprint density at radius 2 is 1.68 bits per heavy atom. The van der Waals surface area contributed by atoms with Crippen molar-refractivity contribution >= 4 is 23.1 Å². The van der Waals surface area contributed by atoms with Gasteiger partial charge < -0.3 is 16.4 Å². The molecule has 0 aliphatic rings. The second-order valence-electron chi connectivity index (χ2n) is 4.48. The third-order valence-electron chi connectivity index (χ3n) is 2.85. The quantitative estimate of drug-likeness (QED) is 0.719. The fourth-order valence-electron chi connectivity index (χ4n) is 1.79. The van der Waals surface area contributed by atoms with Crippen LogP contribution in [0, 0.1) is 13.8 Å². The number of urea groups is 1. The lowest BCUT2D eigenvalue weighted by molar-refractivity contribution is 0.262. The van der Waals surface area contributed by atoms with E-state index >= 15 is 0 Å². The largest absolute Gasteiger partial charge is 0.397 e. The molecule has 0 aromatic heterocycles. The van der Waals surface area contributed by atoms with Crippen LogP contribution in [-0.4, -0.2) is 6.03 Å². The normalized spacial score (nSPS) is 10.0. The van der Waals surface area contributed by atoms with Crippen molar-refractivity contribution in [2.45, 2.75) is 13.8 Å². The molecule has 0 unspecified atom stereocenters. The molecule has 2 aromatic carbocycles. The monoisotopic (exact) mass is 255 g/mol. The molecule has 0 heterocycles. The Balaban J connectivity index is 2.08. The minimum atomic E-state index is -0.301. The van der Waals surface area contributed by atoms with Gasteiger partial charge in [-0.25, -0.2) is 4.79 Å². The third kappa shape index (κ3) is 3.25. The van der Waals surface area contributed by atoms with E-state index in [1.807, 2.05) is 50.2 Å². The van der Waals surface area contributed by atoms with Gasteiger partial charge in [0.25, 0.3) is 0 Å². The number of hydrogen-bond donors (Lipinski definition) is 3.